The summed E-state index contributed by atoms with van der Waals surface area (Å²) >= 11 is 0. The molecule has 0 atom stereocenters. The quantitative estimate of drug-likeness (QED) is 0.542. The molecule has 0 radical (unpaired) electrons. The van der Waals surface area contributed by atoms with E-state index in [0.717, 1.165) is 18.4 Å². The highest BCUT2D eigenvalue weighted by molar-refractivity contribution is 5.95. The Kier molecular flexibility index (Phi) is 9.12. The van der Waals surface area contributed by atoms with Gasteiger partial charge >= 0.3 is 5.97 Å². The van der Waals surface area contributed by atoms with Gasteiger partial charge in [-0.3, -0.25) is 14.4 Å². The maximum absolute atomic E-state index is 12.5. The first kappa shape index (κ1) is 21.4. The van der Waals surface area contributed by atoms with E-state index in [1.54, 1.807) is 37.4 Å². The minimum atomic E-state index is -0.437. The molecule has 1 aromatic carbocycles. The fourth-order valence-electron chi connectivity index (χ4n) is 2.47. The molecule has 0 aliphatic rings. The zero-order chi connectivity index (χ0) is 19.5. The van der Waals surface area contributed by atoms with E-state index in [1.165, 1.54) is 18.1 Å². The van der Waals surface area contributed by atoms with Gasteiger partial charge in [0.1, 0.15) is 6.54 Å². The van der Waals surface area contributed by atoms with Crippen molar-refractivity contribution in [1.82, 2.24) is 10.2 Å². The Morgan fingerprint density at radius 2 is 1.77 bits per heavy atom. The van der Waals surface area contributed by atoms with Crippen LogP contribution in [0.2, 0.25) is 0 Å². The number of nitrogens with one attached hydrogen (secondary N) is 1. The van der Waals surface area contributed by atoms with Gasteiger partial charge in [0.15, 0.2) is 0 Å². The number of hydrogen-bond donors (Lipinski definition) is 1. The molecule has 0 fully saturated rings. The Bertz CT molecular complexity index is 634. The van der Waals surface area contributed by atoms with Crippen molar-refractivity contribution >= 4 is 23.9 Å². The van der Waals surface area contributed by atoms with E-state index in [2.05, 4.69) is 19.2 Å². The van der Waals surface area contributed by atoms with Crippen LogP contribution in [0.25, 0.3) is 6.08 Å². The number of hydrogen-bond acceptors (Lipinski definition) is 4. The summed E-state index contributed by atoms with van der Waals surface area (Å²) in [6, 6.07) is 6.92. The topological polar surface area (TPSA) is 75.7 Å². The molecule has 0 saturated carbocycles. The number of benzene rings is 1. The van der Waals surface area contributed by atoms with Gasteiger partial charge in [0.2, 0.25) is 5.91 Å². The summed E-state index contributed by atoms with van der Waals surface area (Å²) < 4.78 is 4.69. The zero-order valence-corrected chi connectivity index (χ0v) is 16.0. The predicted molar refractivity (Wildman–Crippen MR) is 102 cm³/mol. The van der Waals surface area contributed by atoms with Crippen LogP contribution in [-0.2, 0) is 14.3 Å². The lowest BCUT2D eigenvalue weighted by Gasteiger charge is -2.24. The third-order valence-corrected chi connectivity index (χ3v) is 4.31. The van der Waals surface area contributed by atoms with Crippen LogP contribution in [0.1, 0.15) is 42.6 Å². The number of ether oxygens (including phenoxy) is 1. The molecule has 0 aliphatic carbocycles. The summed E-state index contributed by atoms with van der Waals surface area (Å²) in [7, 11) is 2.89. The van der Waals surface area contributed by atoms with Crippen LogP contribution < -0.4 is 5.32 Å². The molecule has 6 nitrogen and oxygen atoms in total. The summed E-state index contributed by atoms with van der Waals surface area (Å²) in [6.07, 6.45) is 4.99. The summed E-state index contributed by atoms with van der Waals surface area (Å²) in [5.41, 5.74) is 1.35. The molecule has 0 aromatic heterocycles. The van der Waals surface area contributed by atoms with Crippen LogP contribution in [0.4, 0.5) is 0 Å². The molecule has 0 aliphatic heterocycles. The number of amides is 2. The molecule has 1 aromatic rings. The summed E-state index contributed by atoms with van der Waals surface area (Å²) in [5.74, 6) is -0.500. The standard InChI is InChI=1S/C20H28N2O4/c1-5-15(6-2)13-22(14-19(24)26-4)18(23)12-9-16-7-10-17(11-8-16)20(25)21-3/h7-12,15H,5-6,13-14H2,1-4H3,(H,21,25). The molecular formula is C20H28N2O4. The van der Waals surface area contributed by atoms with E-state index in [1.807, 2.05) is 0 Å². The third-order valence-electron chi connectivity index (χ3n) is 4.31. The van der Waals surface area contributed by atoms with Gasteiger partial charge in [0.05, 0.1) is 7.11 Å². The Morgan fingerprint density at radius 1 is 1.15 bits per heavy atom. The Morgan fingerprint density at radius 3 is 2.27 bits per heavy atom. The molecular weight excluding hydrogens is 332 g/mol. The number of carbonyl (C=O) groups excluding carboxylic acids is 3. The van der Waals surface area contributed by atoms with E-state index in [4.69, 9.17) is 4.74 Å². The van der Waals surface area contributed by atoms with Crippen LogP contribution in [0.15, 0.2) is 30.3 Å². The monoisotopic (exact) mass is 360 g/mol. The molecule has 6 heteroatoms. The maximum atomic E-state index is 12.5. The van der Waals surface area contributed by atoms with E-state index in [0.29, 0.717) is 18.0 Å². The lowest BCUT2D eigenvalue weighted by molar-refractivity contribution is -0.145. The summed E-state index contributed by atoms with van der Waals surface area (Å²) in [4.78, 5) is 37.2. The highest BCUT2D eigenvalue weighted by Gasteiger charge is 2.18. The van der Waals surface area contributed by atoms with Crippen molar-refractivity contribution in [3.8, 4) is 0 Å². The van der Waals surface area contributed by atoms with Gasteiger partial charge < -0.3 is 15.0 Å². The summed E-state index contributed by atoms with van der Waals surface area (Å²) in [5, 5.41) is 2.56. The fourth-order valence-corrected chi connectivity index (χ4v) is 2.47. The molecule has 0 bridgehead atoms. The highest BCUT2D eigenvalue weighted by atomic mass is 16.5. The minimum Gasteiger partial charge on any atom is -0.468 e. The van der Waals surface area contributed by atoms with Crippen molar-refractivity contribution in [3.05, 3.63) is 41.5 Å². The second-order valence-electron chi connectivity index (χ2n) is 6.01. The first-order chi connectivity index (χ1) is 12.4. The third kappa shape index (κ3) is 6.70. The lowest BCUT2D eigenvalue weighted by Crippen LogP contribution is -2.38. The maximum Gasteiger partial charge on any atom is 0.325 e. The molecule has 0 heterocycles. The number of carbonyl (C=O) groups is 3. The van der Waals surface area contributed by atoms with Gasteiger partial charge in [-0.1, -0.05) is 38.8 Å². The van der Waals surface area contributed by atoms with Gasteiger partial charge in [0.25, 0.3) is 5.91 Å². The first-order valence-electron chi connectivity index (χ1n) is 8.81. The fraction of sp³-hybridized carbons (Fsp3) is 0.450. The molecule has 0 unspecified atom stereocenters. The van der Waals surface area contributed by atoms with E-state index in [9.17, 15) is 14.4 Å². The number of methoxy groups -OCH3 is 1. The van der Waals surface area contributed by atoms with E-state index in [-0.39, 0.29) is 18.4 Å². The second-order valence-corrected chi connectivity index (χ2v) is 6.01. The number of nitrogens with zero attached hydrogens (tertiary/aromatic N) is 1. The Balaban J connectivity index is 2.84. The van der Waals surface area contributed by atoms with Crippen molar-refractivity contribution < 1.29 is 19.1 Å². The average molecular weight is 360 g/mol. The molecule has 1 N–H and O–H groups in total. The van der Waals surface area contributed by atoms with Crippen molar-refractivity contribution in [2.45, 2.75) is 26.7 Å². The van der Waals surface area contributed by atoms with Gasteiger partial charge in [-0.2, -0.15) is 0 Å². The molecule has 0 saturated heterocycles. The van der Waals surface area contributed by atoms with Crippen LogP contribution in [0.3, 0.4) is 0 Å². The van der Waals surface area contributed by atoms with Crippen molar-refractivity contribution in [2.24, 2.45) is 5.92 Å². The van der Waals surface area contributed by atoms with Gasteiger partial charge in [-0.05, 0) is 29.7 Å². The lowest BCUT2D eigenvalue weighted by atomic mass is 10.0. The van der Waals surface area contributed by atoms with Crippen LogP contribution in [-0.4, -0.2) is 49.9 Å². The molecule has 1 rings (SSSR count). The minimum absolute atomic E-state index is 0.0637. The van der Waals surface area contributed by atoms with Crippen molar-refractivity contribution in [3.63, 3.8) is 0 Å². The summed E-state index contributed by atoms with van der Waals surface area (Å²) in [6.45, 7) is 4.59. The van der Waals surface area contributed by atoms with Crippen molar-refractivity contribution in [2.75, 3.05) is 27.2 Å². The molecule has 0 spiro atoms. The normalized spacial score (nSPS) is 10.8. The first-order valence-corrected chi connectivity index (χ1v) is 8.81. The van der Waals surface area contributed by atoms with E-state index < -0.39 is 5.97 Å². The predicted octanol–water partition coefficient (Wildman–Crippen LogP) is 2.50. The van der Waals surface area contributed by atoms with Crippen LogP contribution in [0, 0.1) is 5.92 Å². The number of rotatable bonds is 9. The SMILES string of the molecule is CCC(CC)CN(CC(=O)OC)C(=O)C=Cc1ccc(C(=O)NC)cc1. The van der Waals surface area contributed by atoms with E-state index >= 15 is 0 Å². The van der Waals surface area contributed by atoms with Crippen molar-refractivity contribution in [1.29, 1.82) is 0 Å². The van der Waals surface area contributed by atoms with Crippen LogP contribution in [0.5, 0.6) is 0 Å². The largest absolute Gasteiger partial charge is 0.468 e. The molecule has 26 heavy (non-hydrogen) atoms. The van der Waals surface area contributed by atoms with Gasteiger partial charge in [0, 0.05) is 25.2 Å². The Hall–Kier alpha value is -2.63. The average Bonchev–Trinajstić information content (AvgIpc) is 2.68. The second kappa shape index (κ2) is 11.1. The zero-order valence-electron chi connectivity index (χ0n) is 16.0. The number of esters is 1. The smallest absolute Gasteiger partial charge is 0.325 e. The Labute approximate surface area is 155 Å². The molecule has 142 valence electrons. The van der Waals surface area contributed by atoms with Crippen LogP contribution >= 0.6 is 0 Å². The van der Waals surface area contributed by atoms with Gasteiger partial charge in [-0.25, -0.2) is 0 Å². The molecule has 2 amide bonds. The van der Waals surface area contributed by atoms with Gasteiger partial charge in [-0.15, -0.1) is 0 Å². The highest BCUT2D eigenvalue weighted by Crippen LogP contribution is 2.12.